The van der Waals surface area contributed by atoms with Crippen LogP contribution in [-0.4, -0.2) is 60.8 Å². The summed E-state index contributed by atoms with van der Waals surface area (Å²) in [4.78, 5) is 19.6. The fourth-order valence-corrected chi connectivity index (χ4v) is 4.64. The summed E-state index contributed by atoms with van der Waals surface area (Å²) < 4.78 is 1.79. The number of hydrogen-bond acceptors (Lipinski definition) is 6. The number of nitrogens with zero attached hydrogens (tertiary/aromatic N) is 6. The van der Waals surface area contributed by atoms with Crippen LogP contribution in [0.5, 0.6) is 0 Å². The quantitative estimate of drug-likeness (QED) is 0.440. The van der Waals surface area contributed by atoms with E-state index in [1.54, 1.807) is 11.0 Å². The average Bonchev–Trinajstić information content (AvgIpc) is 3.46. The van der Waals surface area contributed by atoms with Crippen LogP contribution in [0.2, 0.25) is 0 Å². The number of aryl methyl sites for hydroxylation is 1. The minimum absolute atomic E-state index is 0.436. The van der Waals surface area contributed by atoms with Gasteiger partial charge in [-0.05, 0) is 62.8 Å². The smallest absolute Gasteiger partial charge is 0.138 e. The first-order valence-corrected chi connectivity index (χ1v) is 11.3. The van der Waals surface area contributed by atoms with Crippen molar-refractivity contribution in [1.82, 2.24) is 34.6 Å². The molecule has 1 fully saturated rings. The van der Waals surface area contributed by atoms with E-state index in [0.717, 1.165) is 76.1 Å². The second-order valence-corrected chi connectivity index (χ2v) is 8.87. The maximum absolute atomic E-state index is 4.82. The van der Waals surface area contributed by atoms with Crippen LogP contribution in [0.4, 0.5) is 5.82 Å². The third-order valence-corrected chi connectivity index (χ3v) is 6.55. The Balaban J connectivity index is 1.36. The Hall–Kier alpha value is -3.78. The third-order valence-electron chi connectivity index (χ3n) is 6.55. The Bertz CT molecular complexity index is 1440. The van der Waals surface area contributed by atoms with Gasteiger partial charge in [-0.25, -0.2) is 15.0 Å². The molecule has 1 aromatic carbocycles. The first-order chi connectivity index (χ1) is 16.1. The van der Waals surface area contributed by atoms with Crippen LogP contribution in [-0.2, 0) is 7.05 Å². The molecule has 5 aromatic rings. The molecule has 1 saturated heterocycles. The molecule has 4 aromatic heterocycles. The van der Waals surface area contributed by atoms with E-state index in [1.807, 2.05) is 31.7 Å². The number of piperidine rings is 1. The molecule has 0 saturated carbocycles. The summed E-state index contributed by atoms with van der Waals surface area (Å²) in [5.74, 6) is 0.910. The summed E-state index contributed by atoms with van der Waals surface area (Å²) in [6, 6.07) is 11.0. The van der Waals surface area contributed by atoms with E-state index >= 15 is 0 Å². The normalized spacial score (nSPS) is 15.5. The Kier molecular flexibility index (Phi) is 4.80. The summed E-state index contributed by atoms with van der Waals surface area (Å²) in [6.45, 7) is 2.21. The van der Waals surface area contributed by atoms with E-state index in [-0.39, 0.29) is 0 Å². The molecule has 0 radical (unpaired) electrons. The topological polar surface area (TPSA) is 87.5 Å². The predicted octanol–water partition coefficient (Wildman–Crippen LogP) is 4.08. The van der Waals surface area contributed by atoms with Crippen LogP contribution in [0.15, 0.2) is 55.2 Å². The van der Waals surface area contributed by atoms with Crippen LogP contribution in [0, 0.1) is 0 Å². The van der Waals surface area contributed by atoms with Gasteiger partial charge < -0.3 is 15.2 Å². The molecule has 0 aliphatic carbocycles. The Morgan fingerprint density at radius 2 is 1.88 bits per heavy atom. The summed E-state index contributed by atoms with van der Waals surface area (Å²) in [7, 11) is 4.09. The van der Waals surface area contributed by atoms with E-state index in [2.05, 4.69) is 61.6 Å². The minimum Gasteiger partial charge on any atom is -0.367 e. The lowest BCUT2D eigenvalue weighted by atomic mass is 10.0. The summed E-state index contributed by atoms with van der Waals surface area (Å²) >= 11 is 0. The Morgan fingerprint density at radius 1 is 1.00 bits per heavy atom. The summed E-state index contributed by atoms with van der Waals surface area (Å²) in [6.07, 6.45) is 9.72. The molecule has 0 bridgehead atoms. The van der Waals surface area contributed by atoms with Crippen LogP contribution in [0.25, 0.3) is 44.3 Å². The van der Waals surface area contributed by atoms with Gasteiger partial charge in [-0.3, -0.25) is 4.68 Å². The number of nitrogens with one attached hydrogen (secondary N) is 2. The van der Waals surface area contributed by atoms with Crippen LogP contribution >= 0.6 is 0 Å². The van der Waals surface area contributed by atoms with Crippen molar-refractivity contribution in [3.63, 3.8) is 0 Å². The van der Waals surface area contributed by atoms with Crippen molar-refractivity contribution < 1.29 is 0 Å². The van der Waals surface area contributed by atoms with Crippen LogP contribution in [0.3, 0.4) is 0 Å². The fraction of sp³-hybridized carbons (Fsp3) is 0.280. The van der Waals surface area contributed by atoms with Gasteiger partial charge in [0, 0.05) is 47.4 Å². The van der Waals surface area contributed by atoms with E-state index < -0.39 is 0 Å². The van der Waals surface area contributed by atoms with Gasteiger partial charge in [0.25, 0.3) is 0 Å². The van der Waals surface area contributed by atoms with Gasteiger partial charge in [0.05, 0.1) is 17.4 Å². The number of H-pyrrole nitrogens is 1. The molecule has 0 amide bonds. The van der Waals surface area contributed by atoms with Crippen molar-refractivity contribution in [2.75, 3.05) is 25.5 Å². The molecule has 166 valence electrons. The number of aromatic amines is 1. The van der Waals surface area contributed by atoms with Gasteiger partial charge in [0.2, 0.25) is 0 Å². The number of benzene rings is 1. The first kappa shape index (κ1) is 19.9. The number of likely N-dealkylation sites (tertiary alicyclic amines) is 1. The predicted molar refractivity (Wildman–Crippen MR) is 131 cm³/mol. The van der Waals surface area contributed by atoms with Gasteiger partial charge in [0.15, 0.2) is 0 Å². The first-order valence-electron chi connectivity index (χ1n) is 11.3. The molecular weight excluding hydrogens is 412 g/mol. The molecule has 0 spiro atoms. The fourth-order valence-electron chi connectivity index (χ4n) is 4.64. The van der Waals surface area contributed by atoms with Gasteiger partial charge in [-0.15, -0.1) is 0 Å². The molecule has 33 heavy (non-hydrogen) atoms. The van der Waals surface area contributed by atoms with Gasteiger partial charge in [-0.2, -0.15) is 5.10 Å². The van der Waals surface area contributed by atoms with Crippen LogP contribution in [0.1, 0.15) is 12.8 Å². The SMILES string of the molecule is CN1CCC(Nc2ncnc3ccc(-c4c[nH]c5nc(-c6cnn(C)c6)ccc45)cc23)CC1. The van der Waals surface area contributed by atoms with E-state index in [4.69, 9.17) is 4.98 Å². The van der Waals surface area contributed by atoms with Crippen molar-refractivity contribution in [2.45, 2.75) is 18.9 Å². The molecule has 0 atom stereocenters. The van der Waals surface area contributed by atoms with Crippen molar-refractivity contribution in [3.05, 3.63) is 55.2 Å². The molecule has 1 aliphatic heterocycles. The molecule has 6 rings (SSSR count). The monoisotopic (exact) mass is 438 g/mol. The zero-order valence-corrected chi connectivity index (χ0v) is 18.8. The summed E-state index contributed by atoms with van der Waals surface area (Å²) in [5.41, 5.74) is 5.95. The maximum Gasteiger partial charge on any atom is 0.138 e. The number of anilines is 1. The molecule has 5 heterocycles. The molecular formula is C25H26N8. The maximum atomic E-state index is 4.82. The largest absolute Gasteiger partial charge is 0.367 e. The van der Waals surface area contributed by atoms with Crippen molar-refractivity contribution in [2.24, 2.45) is 7.05 Å². The molecule has 2 N–H and O–H groups in total. The van der Waals surface area contributed by atoms with Crippen molar-refractivity contribution >= 4 is 27.8 Å². The van der Waals surface area contributed by atoms with Crippen molar-refractivity contribution in [1.29, 1.82) is 0 Å². The number of fused-ring (bicyclic) bond motifs is 2. The molecule has 8 nitrogen and oxygen atoms in total. The second kappa shape index (κ2) is 7.97. The van der Waals surface area contributed by atoms with Crippen LogP contribution < -0.4 is 5.32 Å². The zero-order chi connectivity index (χ0) is 22.4. The Labute approximate surface area is 191 Å². The highest BCUT2D eigenvalue weighted by molar-refractivity contribution is 5.99. The lowest BCUT2D eigenvalue weighted by Gasteiger charge is -2.30. The van der Waals surface area contributed by atoms with Gasteiger partial charge in [-0.1, -0.05) is 6.07 Å². The van der Waals surface area contributed by atoms with Gasteiger partial charge in [0.1, 0.15) is 17.8 Å². The highest BCUT2D eigenvalue weighted by Crippen LogP contribution is 2.33. The summed E-state index contributed by atoms with van der Waals surface area (Å²) in [5, 5.41) is 10.1. The Morgan fingerprint density at radius 3 is 2.70 bits per heavy atom. The number of pyridine rings is 1. The van der Waals surface area contributed by atoms with Crippen molar-refractivity contribution in [3.8, 4) is 22.4 Å². The molecule has 8 heteroatoms. The standard InChI is InChI=1S/C25H26N8/c1-32-9-7-18(8-10-32)30-25-20-11-16(3-5-23(20)27-15-28-25)21-13-26-24-19(21)4-6-22(31-24)17-12-29-33(2)14-17/h3-6,11-15,18H,7-10H2,1-2H3,(H,26,31)(H,27,28,30). The second-order valence-electron chi connectivity index (χ2n) is 8.87. The van der Waals surface area contributed by atoms with E-state index in [0.29, 0.717) is 6.04 Å². The average molecular weight is 439 g/mol. The minimum atomic E-state index is 0.436. The molecule has 0 unspecified atom stereocenters. The number of aromatic nitrogens is 6. The highest BCUT2D eigenvalue weighted by Gasteiger charge is 2.18. The zero-order valence-electron chi connectivity index (χ0n) is 18.8. The van der Waals surface area contributed by atoms with E-state index in [9.17, 15) is 0 Å². The lowest BCUT2D eigenvalue weighted by Crippen LogP contribution is -2.36. The molecule has 1 aliphatic rings. The van der Waals surface area contributed by atoms with E-state index in [1.165, 1.54) is 0 Å². The third kappa shape index (κ3) is 3.72. The lowest BCUT2D eigenvalue weighted by molar-refractivity contribution is 0.264. The number of rotatable bonds is 4. The number of hydrogen-bond donors (Lipinski definition) is 2. The van der Waals surface area contributed by atoms with Gasteiger partial charge >= 0.3 is 0 Å². The highest BCUT2D eigenvalue weighted by atomic mass is 15.2.